The molecule has 0 aliphatic rings. The number of pyridine rings is 1. The van der Waals surface area contributed by atoms with Gasteiger partial charge in [-0.1, -0.05) is 15.9 Å². The van der Waals surface area contributed by atoms with E-state index in [0.29, 0.717) is 5.69 Å². The normalized spacial score (nSPS) is 13.5. The summed E-state index contributed by atoms with van der Waals surface area (Å²) in [6.07, 6.45) is 3.21. The van der Waals surface area contributed by atoms with Crippen LogP contribution in [0.1, 0.15) is 18.7 Å². The predicted octanol–water partition coefficient (Wildman–Crippen LogP) is 2.15. The number of hydrogen-bond donors (Lipinski definition) is 1. The number of aliphatic hydroxyl groups excluding tert-OH is 1. The molecular weight excluding hydrogens is 232 g/mol. The van der Waals surface area contributed by atoms with Crippen molar-refractivity contribution < 1.29 is 5.11 Å². The summed E-state index contributed by atoms with van der Waals surface area (Å²) in [5.41, 5.74) is 1.53. The Bertz CT molecular complexity index is 436. The van der Waals surface area contributed by atoms with Gasteiger partial charge in [0.15, 0.2) is 0 Å². The van der Waals surface area contributed by atoms with Gasteiger partial charge < -0.3 is 9.51 Å². The van der Waals surface area contributed by atoms with Crippen molar-refractivity contribution in [3.8, 4) is 0 Å². The van der Waals surface area contributed by atoms with E-state index in [1.807, 2.05) is 28.9 Å². The van der Waals surface area contributed by atoms with Gasteiger partial charge in [0, 0.05) is 16.9 Å². The molecule has 1 unspecified atom stereocenters. The van der Waals surface area contributed by atoms with E-state index in [2.05, 4.69) is 20.9 Å². The second-order valence-electron chi connectivity index (χ2n) is 2.95. The maximum atomic E-state index is 9.31. The van der Waals surface area contributed by atoms with Crippen LogP contribution in [-0.4, -0.2) is 14.5 Å². The molecule has 2 aromatic rings. The van der Waals surface area contributed by atoms with E-state index in [1.165, 1.54) is 0 Å². The lowest BCUT2D eigenvalue weighted by molar-refractivity contribution is 0.195. The zero-order valence-electron chi connectivity index (χ0n) is 7.11. The van der Waals surface area contributed by atoms with Crippen molar-refractivity contribution in [1.82, 2.24) is 9.38 Å². The number of rotatable bonds is 1. The molecule has 0 spiro atoms. The van der Waals surface area contributed by atoms with Crippen LogP contribution in [0.25, 0.3) is 5.65 Å². The van der Waals surface area contributed by atoms with Crippen LogP contribution in [-0.2, 0) is 0 Å². The molecular formula is C9H9BrN2O. The summed E-state index contributed by atoms with van der Waals surface area (Å²) in [5.74, 6) is 0. The first-order valence-electron chi connectivity index (χ1n) is 3.99. The lowest BCUT2D eigenvalue weighted by Gasteiger charge is -1.94. The average Bonchev–Trinajstić information content (AvgIpc) is 2.46. The Morgan fingerprint density at radius 3 is 3.08 bits per heavy atom. The molecule has 0 bridgehead atoms. The maximum absolute atomic E-state index is 9.31. The van der Waals surface area contributed by atoms with Gasteiger partial charge >= 0.3 is 0 Å². The van der Waals surface area contributed by atoms with E-state index < -0.39 is 6.10 Å². The van der Waals surface area contributed by atoms with Crippen molar-refractivity contribution in [2.45, 2.75) is 13.0 Å². The fourth-order valence-corrected chi connectivity index (χ4v) is 1.50. The lowest BCUT2D eigenvalue weighted by Crippen LogP contribution is -1.89. The van der Waals surface area contributed by atoms with Gasteiger partial charge in [0.1, 0.15) is 5.65 Å². The standard InChI is InChI=1S/C9H9BrN2O/c1-6(13)8-5-12-3-2-7(10)4-9(12)11-8/h2-6,13H,1H3. The van der Waals surface area contributed by atoms with Gasteiger partial charge in [-0.15, -0.1) is 0 Å². The Morgan fingerprint density at radius 2 is 2.38 bits per heavy atom. The SMILES string of the molecule is CC(O)c1cn2ccc(Br)cc2n1. The molecule has 4 heteroatoms. The number of aromatic nitrogens is 2. The van der Waals surface area contributed by atoms with Crippen molar-refractivity contribution in [3.05, 3.63) is 34.7 Å². The summed E-state index contributed by atoms with van der Waals surface area (Å²) < 4.78 is 2.87. The number of fused-ring (bicyclic) bond motifs is 1. The Hall–Kier alpha value is -0.870. The Kier molecular flexibility index (Phi) is 2.09. The van der Waals surface area contributed by atoms with Crippen LogP contribution in [0.5, 0.6) is 0 Å². The highest BCUT2D eigenvalue weighted by Crippen LogP contribution is 2.16. The Morgan fingerprint density at radius 1 is 1.62 bits per heavy atom. The molecule has 1 N–H and O–H groups in total. The fourth-order valence-electron chi connectivity index (χ4n) is 1.18. The van der Waals surface area contributed by atoms with Gasteiger partial charge in [-0.2, -0.15) is 0 Å². The first-order valence-corrected chi connectivity index (χ1v) is 4.78. The van der Waals surface area contributed by atoms with Crippen LogP contribution >= 0.6 is 15.9 Å². The molecule has 0 aliphatic carbocycles. The van der Waals surface area contributed by atoms with Crippen molar-refractivity contribution in [2.75, 3.05) is 0 Å². The zero-order valence-corrected chi connectivity index (χ0v) is 8.69. The minimum absolute atomic E-state index is 0.515. The second-order valence-corrected chi connectivity index (χ2v) is 3.87. The first-order chi connectivity index (χ1) is 6.16. The highest BCUT2D eigenvalue weighted by atomic mass is 79.9. The van der Waals surface area contributed by atoms with Crippen molar-refractivity contribution >= 4 is 21.6 Å². The highest BCUT2D eigenvalue weighted by molar-refractivity contribution is 9.10. The van der Waals surface area contributed by atoms with E-state index in [1.54, 1.807) is 6.92 Å². The van der Waals surface area contributed by atoms with E-state index in [9.17, 15) is 5.11 Å². The first kappa shape index (κ1) is 8.72. The minimum Gasteiger partial charge on any atom is -0.387 e. The molecule has 3 nitrogen and oxygen atoms in total. The molecule has 1 atom stereocenters. The van der Waals surface area contributed by atoms with Crippen LogP contribution in [0.3, 0.4) is 0 Å². The molecule has 68 valence electrons. The third-order valence-corrected chi connectivity index (χ3v) is 2.36. The van der Waals surface area contributed by atoms with Crippen molar-refractivity contribution in [3.63, 3.8) is 0 Å². The summed E-state index contributed by atoms with van der Waals surface area (Å²) in [6.45, 7) is 1.71. The van der Waals surface area contributed by atoms with Crippen LogP contribution in [0.4, 0.5) is 0 Å². The molecule has 2 heterocycles. The van der Waals surface area contributed by atoms with Gasteiger partial charge in [-0.05, 0) is 19.1 Å². The van der Waals surface area contributed by atoms with Crippen molar-refractivity contribution in [2.24, 2.45) is 0 Å². The predicted molar refractivity (Wildman–Crippen MR) is 53.5 cm³/mol. The molecule has 0 aliphatic heterocycles. The molecule has 2 rings (SSSR count). The summed E-state index contributed by atoms with van der Waals surface area (Å²) in [7, 11) is 0. The molecule has 13 heavy (non-hydrogen) atoms. The van der Waals surface area contributed by atoms with E-state index >= 15 is 0 Å². The van der Waals surface area contributed by atoms with Gasteiger partial charge in [-0.3, -0.25) is 0 Å². The maximum Gasteiger partial charge on any atom is 0.138 e. The van der Waals surface area contributed by atoms with Crippen LogP contribution in [0, 0.1) is 0 Å². The fraction of sp³-hybridized carbons (Fsp3) is 0.222. The third-order valence-electron chi connectivity index (χ3n) is 1.87. The summed E-state index contributed by atoms with van der Waals surface area (Å²) >= 11 is 3.36. The number of aliphatic hydroxyl groups is 1. The number of imidazole rings is 1. The molecule has 0 saturated carbocycles. The monoisotopic (exact) mass is 240 g/mol. The lowest BCUT2D eigenvalue weighted by atomic mass is 10.3. The third kappa shape index (κ3) is 1.59. The highest BCUT2D eigenvalue weighted by Gasteiger charge is 2.05. The Balaban J connectivity index is 2.62. The van der Waals surface area contributed by atoms with Crippen LogP contribution < -0.4 is 0 Å². The second kappa shape index (κ2) is 3.12. The molecule has 0 saturated heterocycles. The van der Waals surface area contributed by atoms with Gasteiger partial charge in [-0.25, -0.2) is 4.98 Å². The molecule has 0 radical (unpaired) electrons. The summed E-state index contributed by atoms with van der Waals surface area (Å²) in [5, 5.41) is 9.31. The van der Waals surface area contributed by atoms with Crippen LogP contribution in [0.15, 0.2) is 29.0 Å². The van der Waals surface area contributed by atoms with E-state index in [4.69, 9.17) is 0 Å². The van der Waals surface area contributed by atoms with Gasteiger partial charge in [0.05, 0.1) is 11.8 Å². The van der Waals surface area contributed by atoms with E-state index in [0.717, 1.165) is 10.1 Å². The molecule has 2 aromatic heterocycles. The van der Waals surface area contributed by atoms with Gasteiger partial charge in [0.2, 0.25) is 0 Å². The zero-order chi connectivity index (χ0) is 9.42. The quantitative estimate of drug-likeness (QED) is 0.830. The number of halogens is 1. The summed E-state index contributed by atoms with van der Waals surface area (Å²) in [4.78, 5) is 4.26. The van der Waals surface area contributed by atoms with E-state index in [-0.39, 0.29) is 0 Å². The van der Waals surface area contributed by atoms with Gasteiger partial charge in [0.25, 0.3) is 0 Å². The van der Waals surface area contributed by atoms with Crippen LogP contribution in [0.2, 0.25) is 0 Å². The largest absolute Gasteiger partial charge is 0.387 e. The molecule has 0 amide bonds. The Labute approximate surface area is 84.2 Å². The molecule has 0 fully saturated rings. The number of nitrogens with zero attached hydrogens (tertiary/aromatic N) is 2. The number of hydrogen-bond acceptors (Lipinski definition) is 2. The summed E-state index contributed by atoms with van der Waals surface area (Å²) in [6, 6.07) is 3.84. The van der Waals surface area contributed by atoms with Crippen molar-refractivity contribution in [1.29, 1.82) is 0 Å². The smallest absolute Gasteiger partial charge is 0.138 e. The minimum atomic E-state index is -0.515. The topological polar surface area (TPSA) is 37.5 Å². The molecule has 0 aromatic carbocycles. The average molecular weight is 241 g/mol.